The normalized spacial score (nSPS) is 16.8. The van der Waals surface area contributed by atoms with Gasteiger partial charge < -0.3 is 20.5 Å². The van der Waals surface area contributed by atoms with Gasteiger partial charge in [0.25, 0.3) is 0 Å². The number of guanidine groups is 1. The quantitative estimate of drug-likeness (QED) is 0.570. The number of piperidine rings is 1. The van der Waals surface area contributed by atoms with Gasteiger partial charge in [-0.15, -0.1) is 0 Å². The fourth-order valence-electron chi connectivity index (χ4n) is 3.33. The van der Waals surface area contributed by atoms with Crippen LogP contribution in [0.4, 0.5) is 0 Å². The number of benzene rings is 1. The largest absolute Gasteiger partial charge is 0.354 e. The number of imidazole rings is 1. The molecule has 1 saturated heterocycles. The molecule has 0 aliphatic carbocycles. The van der Waals surface area contributed by atoms with Crippen LogP contribution in [0.5, 0.6) is 0 Å². The fourth-order valence-corrected chi connectivity index (χ4v) is 3.33. The van der Waals surface area contributed by atoms with Crippen LogP contribution in [0.3, 0.4) is 0 Å². The van der Waals surface area contributed by atoms with E-state index in [4.69, 9.17) is 0 Å². The lowest BCUT2D eigenvalue weighted by molar-refractivity contribution is 0.167. The molecule has 0 amide bonds. The monoisotopic (exact) mass is 354 g/mol. The Morgan fingerprint density at radius 1 is 1.27 bits per heavy atom. The molecule has 2 heterocycles. The van der Waals surface area contributed by atoms with Gasteiger partial charge in [-0.1, -0.05) is 30.3 Å². The van der Waals surface area contributed by atoms with Crippen molar-refractivity contribution in [2.24, 2.45) is 4.99 Å². The summed E-state index contributed by atoms with van der Waals surface area (Å²) >= 11 is 0. The van der Waals surface area contributed by atoms with Crippen LogP contribution in [0.1, 0.15) is 32.5 Å². The third-order valence-corrected chi connectivity index (χ3v) is 4.96. The number of aliphatic imine (C=N–C) groups is 1. The van der Waals surface area contributed by atoms with Gasteiger partial charge in [0.2, 0.25) is 0 Å². The molecule has 0 bridgehead atoms. The Labute approximate surface area is 156 Å². The van der Waals surface area contributed by atoms with Crippen molar-refractivity contribution >= 4 is 5.96 Å². The standard InChI is InChI=1S/C20H30N6/c1-15(2)26-11-9-17(10-12-26)24-20(21-3)23-14-19-22-13-18(25-19)16-7-5-4-6-8-16/h4-8,13,15,17H,9-12,14H2,1-3H3,(H,22,25)(H2,21,23,24). The second-order valence-electron chi connectivity index (χ2n) is 7.08. The average Bonchev–Trinajstić information content (AvgIpc) is 3.15. The van der Waals surface area contributed by atoms with E-state index in [9.17, 15) is 0 Å². The molecule has 0 radical (unpaired) electrons. The van der Waals surface area contributed by atoms with Gasteiger partial charge in [-0.3, -0.25) is 4.99 Å². The van der Waals surface area contributed by atoms with Crippen LogP contribution in [-0.4, -0.2) is 53.0 Å². The zero-order chi connectivity index (χ0) is 18.4. The Kier molecular flexibility index (Phi) is 6.28. The molecule has 2 aromatic rings. The van der Waals surface area contributed by atoms with Crippen LogP contribution >= 0.6 is 0 Å². The summed E-state index contributed by atoms with van der Waals surface area (Å²) < 4.78 is 0. The average molecular weight is 355 g/mol. The van der Waals surface area contributed by atoms with Crippen LogP contribution in [0.15, 0.2) is 41.5 Å². The minimum Gasteiger partial charge on any atom is -0.354 e. The van der Waals surface area contributed by atoms with Crippen LogP contribution < -0.4 is 10.6 Å². The summed E-state index contributed by atoms with van der Waals surface area (Å²) in [6, 6.07) is 11.3. The van der Waals surface area contributed by atoms with E-state index in [1.165, 1.54) is 0 Å². The van der Waals surface area contributed by atoms with E-state index in [1.54, 1.807) is 0 Å². The van der Waals surface area contributed by atoms with Crippen molar-refractivity contribution in [2.45, 2.75) is 45.3 Å². The predicted octanol–water partition coefficient (Wildman–Crippen LogP) is 2.61. The van der Waals surface area contributed by atoms with Crippen molar-refractivity contribution in [2.75, 3.05) is 20.1 Å². The highest BCUT2D eigenvalue weighted by Gasteiger charge is 2.21. The number of nitrogens with zero attached hydrogens (tertiary/aromatic N) is 3. The molecule has 1 aliphatic heterocycles. The molecule has 6 nitrogen and oxygen atoms in total. The number of H-pyrrole nitrogens is 1. The number of aromatic nitrogens is 2. The van der Waals surface area contributed by atoms with E-state index < -0.39 is 0 Å². The van der Waals surface area contributed by atoms with Gasteiger partial charge >= 0.3 is 0 Å². The molecule has 0 atom stereocenters. The topological polar surface area (TPSA) is 68.3 Å². The summed E-state index contributed by atoms with van der Waals surface area (Å²) in [6.45, 7) is 7.44. The minimum atomic E-state index is 0.479. The van der Waals surface area contributed by atoms with E-state index in [0.29, 0.717) is 18.6 Å². The van der Waals surface area contributed by atoms with Crippen molar-refractivity contribution < 1.29 is 0 Å². The first-order valence-electron chi connectivity index (χ1n) is 9.46. The second kappa shape index (κ2) is 8.85. The van der Waals surface area contributed by atoms with Gasteiger partial charge in [0.15, 0.2) is 5.96 Å². The molecule has 6 heteroatoms. The summed E-state index contributed by atoms with van der Waals surface area (Å²) in [6.07, 6.45) is 4.18. The first kappa shape index (κ1) is 18.5. The number of hydrogen-bond acceptors (Lipinski definition) is 3. The molecule has 1 aromatic carbocycles. The van der Waals surface area contributed by atoms with Crippen LogP contribution in [0.25, 0.3) is 11.3 Å². The second-order valence-corrected chi connectivity index (χ2v) is 7.08. The zero-order valence-corrected chi connectivity index (χ0v) is 16.0. The first-order valence-corrected chi connectivity index (χ1v) is 9.46. The maximum absolute atomic E-state index is 4.47. The molecule has 140 valence electrons. The van der Waals surface area contributed by atoms with E-state index in [1.807, 2.05) is 31.4 Å². The zero-order valence-electron chi connectivity index (χ0n) is 16.0. The van der Waals surface area contributed by atoms with E-state index in [-0.39, 0.29) is 0 Å². The molecule has 0 saturated carbocycles. The van der Waals surface area contributed by atoms with Crippen LogP contribution in [0.2, 0.25) is 0 Å². The lowest BCUT2D eigenvalue weighted by Crippen LogP contribution is -2.49. The summed E-state index contributed by atoms with van der Waals surface area (Å²) in [5.74, 6) is 1.74. The van der Waals surface area contributed by atoms with Gasteiger partial charge in [0.1, 0.15) is 5.82 Å². The number of likely N-dealkylation sites (tertiary alicyclic amines) is 1. The lowest BCUT2D eigenvalue weighted by atomic mass is 10.0. The van der Waals surface area contributed by atoms with Crippen molar-refractivity contribution in [3.8, 4) is 11.3 Å². The minimum absolute atomic E-state index is 0.479. The first-order chi connectivity index (χ1) is 12.7. The van der Waals surface area contributed by atoms with Gasteiger partial charge in [0.05, 0.1) is 18.4 Å². The lowest BCUT2D eigenvalue weighted by Gasteiger charge is -2.35. The Morgan fingerprint density at radius 2 is 2.00 bits per heavy atom. The smallest absolute Gasteiger partial charge is 0.191 e. The summed E-state index contributed by atoms with van der Waals surface area (Å²) in [5, 5.41) is 6.91. The SMILES string of the molecule is CN=C(NCc1ncc(-c2ccccc2)[nH]1)NC1CCN(C(C)C)CC1. The maximum Gasteiger partial charge on any atom is 0.191 e. The number of hydrogen-bond donors (Lipinski definition) is 3. The molecule has 0 unspecified atom stereocenters. The van der Waals surface area contributed by atoms with Crippen molar-refractivity contribution in [3.05, 3.63) is 42.4 Å². The number of rotatable bonds is 5. The Balaban J connectivity index is 1.48. The number of nitrogens with one attached hydrogen (secondary N) is 3. The molecular formula is C20H30N6. The molecule has 1 aliphatic rings. The Hall–Kier alpha value is -2.34. The highest BCUT2D eigenvalue weighted by molar-refractivity contribution is 5.79. The molecule has 0 spiro atoms. The van der Waals surface area contributed by atoms with Crippen LogP contribution in [0, 0.1) is 0 Å². The van der Waals surface area contributed by atoms with Gasteiger partial charge in [-0.05, 0) is 32.3 Å². The highest BCUT2D eigenvalue weighted by Crippen LogP contribution is 2.16. The molecule has 3 N–H and O–H groups in total. The molecule has 26 heavy (non-hydrogen) atoms. The number of aromatic amines is 1. The van der Waals surface area contributed by atoms with E-state index in [2.05, 4.69) is 56.5 Å². The maximum atomic E-state index is 4.47. The van der Waals surface area contributed by atoms with Gasteiger partial charge in [0, 0.05) is 32.2 Å². The Bertz CT molecular complexity index is 698. The van der Waals surface area contributed by atoms with Crippen molar-refractivity contribution in [1.29, 1.82) is 0 Å². The van der Waals surface area contributed by atoms with E-state index >= 15 is 0 Å². The fraction of sp³-hybridized carbons (Fsp3) is 0.500. The summed E-state index contributed by atoms with van der Waals surface area (Å²) in [7, 11) is 1.82. The van der Waals surface area contributed by atoms with Crippen molar-refractivity contribution in [3.63, 3.8) is 0 Å². The highest BCUT2D eigenvalue weighted by atomic mass is 15.2. The third-order valence-electron chi connectivity index (χ3n) is 4.96. The van der Waals surface area contributed by atoms with E-state index in [0.717, 1.165) is 49.0 Å². The van der Waals surface area contributed by atoms with Gasteiger partial charge in [-0.25, -0.2) is 4.98 Å². The van der Waals surface area contributed by atoms with Gasteiger partial charge in [-0.2, -0.15) is 0 Å². The van der Waals surface area contributed by atoms with Crippen LogP contribution in [-0.2, 0) is 6.54 Å². The summed E-state index contributed by atoms with van der Waals surface area (Å²) in [5.41, 5.74) is 2.18. The predicted molar refractivity (Wildman–Crippen MR) is 107 cm³/mol. The van der Waals surface area contributed by atoms with Crippen molar-refractivity contribution in [1.82, 2.24) is 25.5 Å². The third kappa shape index (κ3) is 4.85. The Morgan fingerprint density at radius 3 is 2.65 bits per heavy atom. The molecule has 1 aromatic heterocycles. The summed E-state index contributed by atoms with van der Waals surface area (Å²) in [4.78, 5) is 14.7. The molecule has 1 fully saturated rings. The molecular weight excluding hydrogens is 324 g/mol. The molecule has 3 rings (SSSR count).